The number of amides is 3. The van der Waals surface area contributed by atoms with Crippen molar-refractivity contribution in [3.63, 3.8) is 0 Å². The Morgan fingerprint density at radius 2 is 1.97 bits per heavy atom. The number of aryl methyl sites for hydroxylation is 1. The molecule has 2 aromatic rings. The van der Waals surface area contributed by atoms with Gasteiger partial charge in [-0.2, -0.15) is 4.37 Å². The number of ether oxygens (including phenoxy) is 2. The fourth-order valence-corrected chi connectivity index (χ4v) is 4.17. The molecule has 1 aromatic heterocycles. The minimum atomic E-state index is -0.863. The van der Waals surface area contributed by atoms with Crippen LogP contribution in [-0.2, 0) is 11.3 Å². The summed E-state index contributed by atoms with van der Waals surface area (Å²) < 4.78 is 42.5. The predicted octanol–water partition coefficient (Wildman–Crippen LogP) is 3.03. The van der Waals surface area contributed by atoms with E-state index in [1.165, 1.54) is 6.92 Å². The fraction of sp³-hybridized carbons (Fsp3) is 0.500. The second-order valence-corrected chi connectivity index (χ2v) is 8.71. The summed E-state index contributed by atoms with van der Waals surface area (Å²) in [6.45, 7) is 6.05. The van der Waals surface area contributed by atoms with Crippen molar-refractivity contribution in [1.82, 2.24) is 14.6 Å². The van der Waals surface area contributed by atoms with Crippen LogP contribution >= 0.6 is 11.5 Å². The maximum Gasteiger partial charge on any atom is 0.319 e. The summed E-state index contributed by atoms with van der Waals surface area (Å²) in [5.74, 6) is -2.24. The number of nitrogens with one attached hydrogen (secondary N) is 2. The third-order valence-corrected chi connectivity index (χ3v) is 6.11. The zero-order valence-corrected chi connectivity index (χ0v) is 19.8. The van der Waals surface area contributed by atoms with Gasteiger partial charge in [0, 0.05) is 25.2 Å². The van der Waals surface area contributed by atoms with Gasteiger partial charge in [-0.3, -0.25) is 15.0 Å². The first-order valence-corrected chi connectivity index (χ1v) is 11.8. The maximum absolute atomic E-state index is 14.0. The lowest BCUT2D eigenvalue weighted by atomic mass is 10.1. The molecule has 2 heterocycles. The van der Waals surface area contributed by atoms with Gasteiger partial charge in [0.15, 0.2) is 0 Å². The van der Waals surface area contributed by atoms with Crippen LogP contribution in [0.2, 0.25) is 0 Å². The number of carbonyl (C=O) groups excluding carboxylic acids is 2. The Balaban J connectivity index is 1.45. The summed E-state index contributed by atoms with van der Waals surface area (Å²) in [5, 5.41) is 5.40. The molecule has 0 aliphatic carbocycles. The highest BCUT2D eigenvalue weighted by atomic mass is 32.1. The number of halogens is 2. The van der Waals surface area contributed by atoms with E-state index >= 15 is 0 Å². The number of anilines is 1. The monoisotopic (exact) mass is 497 g/mol. The van der Waals surface area contributed by atoms with Crippen LogP contribution in [-0.4, -0.2) is 60.6 Å². The highest BCUT2D eigenvalue weighted by Gasteiger charge is 2.22. The van der Waals surface area contributed by atoms with Gasteiger partial charge in [0.25, 0.3) is 5.91 Å². The van der Waals surface area contributed by atoms with Crippen LogP contribution in [0, 0.1) is 18.6 Å². The molecule has 1 aliphatic rings. The number of rotatable bonds is 11. The number of hydrogen-bond acceptors (Lipinski definition) is 7. The number of benzene rings is 1. The van der Waals surface area contributed by atoms with Crippen molar-refractivity contribution in [2.45, 2.75) is 32.8 Å². The zero-order chi connectivity index (χ0) is 24.5. The molecule has 0 atom stereocenters. The first-order chi connectivity index (χ1) is 16.3. The first-order valence-electron chi connectivity index (χ1n) is 11.1. The van der Waals surface area contributed by atoms with E-state index in [-0.39, 0.29) is 34.2 Å². The molecule has 1 fully saturated rings. The van der Waals surface area contributed by atoms with E-state index < -0.39 is 23.6 Å². The standard InChI is InChI=1S/C22H29F2N5O4S/c1-14-11-17(24)15(12-16(14)23)13-33-20-18(19(25)30)21(34-28-20)27-22(31)26-5-3-2-4-6-29-7-9-32-10-8-29/h11-12H,2-10,13H2,1H3,(H2,25,30)(H2,26,27,31). The summed E-state index contributed by atoms with van der Waals surface area (Å²) in [6, 6.07) is 1.58. The van der Waals surface area contributed by atoms with Gasteiger partial charge in [0.1, 0.15) is 28.8 Å². The molecule has 1 aromatic carbocycles. The van der Waals surface area contributed by atoms with Crippen LogP contribution < -0.4 is 21.1 Å². The third-order valence-electron chi connectivity index (χ3n) is 5.37. The highest BCUT2D eigenvalue weighted by molar-refractivity contribution is 7.11. The number of morpholine rings is 1. The van der Waals surface area contributed by atoms with Crippen molar-refractivity contribution in [2.75, 3.05) is 44.7 Å². The van der Waals surface area contributed by atoms with Gasteiger partial charge in [-0.25, -0.2) is 13.6 Å². The molecular formula is C22H29F2N5O4S. The van der Waals surface area contributed by atoms with Gasteiger partial charge < -0.3 is 20.5 Å². The van der Waals surface area contributed by atoms with Crippen molar-refractivity contribution >= 4 is 28.5 Å². The molecule has 3 amide bonds. The van der Waals surface area contributed by atoms with Crippen molar-refractivity contribution < 1.29 is 27.8 Å². The van der Waals surface area contributed by atoms with Gasteiger partial charge in [-0.15, -0.1) is 0 Å². The fourth-order valence-electron chi connectivity index (χ4n) is 3.43. The van der Waals surface area contributed by atoms with Crippen LogP contribution in [0.4, 0.5) is 18.6 Å². The summed E-state index contributed by atoms with van der Waals surface area (Å²) in [4.78, 5) is 26.5. The van der Waals surface area contributed by atoms with Crippen molar-refractivity contribution in [2.24, 2.45) is 5.73 Å². The lowest BCUT2D eigenvalue weighted by Crippen LogP contribution is -2.36. The number of hydrogen-bond donors (Lipinski definition) is 3. The zero-order valence-electron chi connectivity index (χ0n) is 19.0. The van der Waals surface area contributed by atoms with Crippen molar-refractivity contribution in [3.05, 3.63) is 40.5 Å². The number of unbranched alkanes of at least 4 members (excludes halogenated alkanes) is 2. The molecule has 0 saturated carbocycles. The van der Waals surface area contributed by atoms with Crippen LogP contribution in [0.1, 0.15) is 40.7 Å². The van der Waals surface area contributed by atoms with Gasteiger partial charge in [-0.05, 0) is 55.5 Å². The number of carbonyl (C=O) groups is 2. The van der Waals surface area contributed by atoms with E-state index in [0.29, 0.717) is 6.54 Å². The van der Waals surface area contributed by atoms with Crippen LogP contribution in [0.5, 0.6) is 5.88 Å². The van der Waals surface area contributed by atoms with E-state index in [2.05, 4.69) is 19.9 Å². The molecule has 12 heteroatoms. The smallest absolute Gasteiger partial charge is 0.319 e. The molecule has 1 aliphatic heterocycles. The summed E-state index contributed by atoms with van der Waals surface area (Å²) in [5.41, 5.74) is 5.43. The predicted molar refractivity (Wildman–Crippen MR) is 124 cm³/mol. The Kier molecular flexibility index (Phi) is 9.54. The maximum atomic E-state index is 14.0. The van der Waals surface area contributed by atoms with Gasteiger partial charge in [0.2, 0.25) is 5.88 Å². The number of primary amides is 1. The average molecular weight is 498 g/mol. The molecule has 34 heavy (non-hydrogen) atoms. The molecule has 0 bridgehead atoms. The Morgan fingerprint density at radius 3 is 2.71 bits per heavy atom. The Morgan fingerprint density at radius 1 is 1.21 bits per heavy atom. The summed E-state index contributed by atoms with van der Waals surface area (Å²) in [6.07, 6.45) is 2.82. The Hall–Kier alpha value is -2.83. The molecule has 0 radical (unpaired) electrons. The summed E-state index contributed by atoms with van der Waals surface area (Å²) in [7, 11) is 0. The number of aromatic nitrogens is 1. The van der Waals surface area contributed by atoms with Crippen molar-refractivity contribution in [1.29, 1.82) is 0 Å². The molecule has 9 nitrogen and oxygen atoms in total. The lowest BCUT2D eigenvalue weighted by Gasteiger charge is -2.26. The number of nitrogens with two attached hydrogens (primary N) is 1. The molecule has 1 saturated heterocycles. The average Bonchev–Trinajstić information content (AvgIpc) is 3.21. The third kappa shape index (κ3) is 7.34. The topological polar surface area (TPSA) is 119 Å². The van der Waals surface area contributed by atoms with Crippen LogP contribution in [0.15, 0.2) is 12.1 Å². The lowest BCUT2D eigenvalue weighted by molar-refractivity contribution is 0.0371. The molecular weight excluding hydrogens is 468 g/mol. The van der Waals surface area contributed by atoms with E-state index in [0.717, 1.165) is 75.8 Å². The molecule has 3 rings (SSSR count). The minimum Gasteiger partial charge on any atom is -0.471 e. The normalized spacial score (nSPS) is 14.1. The molecule has 186 valence electrons. The van der Waals surface area contributed by atoms with E-state index in [1.807, 2.05) is 0 Å². The van der Waals surface area contributed by atoms with Crippen molar-refractivity contribution in [3.8, 4) is 5.88 Å². The highest BCUT2D eigenvalue weighted by Crippen LogP contribution is 2.31. The number of nitrogens with zero attached hydrogens (tertiary/aromatic N) is 2. The molecule has 0 spiro atoms. The summed E-state index contributed by atoms with van der Waals surface area (Å²) >= 11 is 0.810. The Bertz CT molecular complexity index is 998. The van der Waals surface area contributed by atoms with Gasteiger partial charge >= 0.3 is 6.03 Å². The largest absolute Gasteiger partial charge is 0.471 e. The molecule has 0 unspecified atom stereocenters. The Labute approximate surface area is 200 Å². The van der Waals surface area contributed by atoms with E-state index in [4.69, 9.17) is 15.2 Å². The van der Waals surface area contributed by atoms with E-state index in [9.17, 15) is 18.4 Å². The van der Waals surface area contributed by atoms with Crippen LogP contribution in [0.3, 0.4) is 0 Å². The second-order valence-electron chi connectivity index (χ2n) is 7.93. The van der Waals surface area contributed by atoms with Gasteiger partial charge in [0.05, 0.1) is 13.2 Å². The molecule has 4 N–H and O–H groups in total. The quantitative estimate of drug-likeness (QED) is 0.411. The van der Waals surface area contributed by atoms with Gasteiger partial charge in [-0.1, -0.05) is 6.42 Å². The second kappa shape index (κ2) is 12.6. The number of urea groups is 1. The SMILES string of the molecule is Cc1cc(F)c(COc2nsc(NC(=O)NCCCCCN3CCOCC3)c2C(N)=O)cc1F. The van der Waals surface area contributed by atoms with Crippen LogP contribution in [0.25, 0.3) is 0 Å². The first kappa shape index (κ1) is 25.8. The minimum absolute atomic E-state index is 0.0348. The van der Waals surface area contributed by atoms with E-state index in [1.54, 1.807) is 0 Å².